The number of urea groups is 1. The molecule has 0 aliphatic carbocycles. The zero-order valence-electron chi connectivity index (χ0n) is 13.3. The highest BCUT2D eigenvalue weighted by molar-refractivity contribution is 6.39. The summed E-state index contributed by atoms with van der Waals surface area (Å²) < 4.78 is 0. The lowest BCUT2D eigenvalue weighted by Crippen LogP contribution is -2.39. The molecule has 3 amide bonds. The molecule has 0 spiro atoms. The van der Waals surface area contributed by atoms with Crippen LogP contribution in [0.5, 0.6) is 0 Å². The van der Waals surface area contributed by atoms with Crippen LogP contribution in [0.25, 0.3) is 0 Å². The van der Waals surface area contributed by atoms with E-state index in [1.54, 1.807) is 23.1 Å². The normalized spacial score (nSPS) is 16.8. The zero-order valence-corrected chi connectivity index (χ0v) is 14.8. The molecule has 1 atom stereocenters. The Bertz CT molecular complexity index is 763. The largest absolute Gasteiger partial charge is 0.336 e. The van der Waals surface area contributed by atoms with Gasteiger partial charge in [0.05, 0.1) is 21.8 Å². The fourth-order valence-electron chi connectivity index (χ4n) is 2.78. The maximum absolute atomic E-state index is 12.2. The summed E-state index contributed by atoms with van der Waals surface area (Å²) in [6.07, 6.45) is 0.274. The molecule has 1 aliphatic heterocycles. The Hall–Kier alpha value is -2.24. The van der Waals surface area contributed by atoms with Crippen molar-refractivity contribution in [2.24, 2.45) is 0 Å². The van der Waals surface area contributed by atoms with Gasteiger partial charge in [-0.05, 0) is 17.7 Å². The van der Waals surface area contributed by atoms with Gasteiger partial charge in [0.2, 0.25) is 5.91 Å². The first-order valence-corrected chi connectivity index (χ1v) is 8.62. The molecule has 2 aromatic rings. The van der Waals surface area contributed by atoms with Gasteiger partial charge in [-0.15, -0.1) is 0 Å². The van der Waals surface area contributed by atoms with Crippen LogP contribution in [0.4, 0.5) is 10.5 Å². The van der Waals surface area contributed by atoms with Gasteiger partial charge in [0.1, 0.15) is 0 Å². The van der Waals surface area contributed by atoms with Crippen LogP contribution in [-0.4, -0.2) is 29.4 Å². The molecule has 0 saturated carbocycles. The van der Waals surface area contributed by atoms with E-state index in [0.29, 0.717) is 28.8 Å². The van der Waals surface area contributed by atoms with Crippen molar-refractivity contribution in [3.05, 3.63) is 64.1 Å². The number of nitrogens with zero attached hydrogens (tertiary/aromatic N) is 1. The maximum Gasteiger partial charge on any atom is 0.319 e. The Morgan fingerprint density at radius 2 is 1.76 bits per heavy atom. The molecule has 1 heterocycles. The van der Waals surface area contributed by atoms with Crippen LogP contribution >= 0.6 is 23.2 Å². The van der Waals surface area contributed by atoms with Crippen molar-refractivity contribution in [2.75, 3.05) is 11.9 Å². The van der Waals surface area contributed by atoms with Gasteiger partial charge in [-0.25, -0.2) is 4.79 Å². The Labute approximate surface area is 155 Å². The number of hydrogen-bond acceptors (Lipinski definition) is 2. The molecule has 0 bridgehead atoms. The van der Waals surface area contributed by atoms with E-state index >= 15 is 0 Å². The van der Waals surface area contributed by atoms with E-state index in [2.05, 4.69) is 10.6 Å². The number of nitrogens with one attached hydrogen (secondary N) is 2. The van der Waals surface area contributed by atoms with E-state index in [0.717, 1.165) is 5.56 Å². The van der Waals surface area contributed by atoms with Crippen LogP contribution in [0.15, 0.2) is 48.5 Å². The van der Waals surface area contributed by atoms with Crippen molar-refractivity contribution >= 4 is 40.8 Å². The Morgan fingerprint density at radius 1 is 1.08 bits per heavy atom. The molecule has 25 heavy (non-hydrogen) atoms. The third-order valence-corrected chi connectivity index (χ3v) is 4.60. The lowest BCUT2D eigenvalue weighted by Gasteiger charge is -2.17. The van der Waals surface area contributed by atoms with Crippen LogP contribution in [-0.2, 0) is 11.3 Å². The second kappa shape index (κ2) is 7.76. The van der Waals surface area contributed by atoms with Crippen molar-refractivity contribution in [3.8, 4) is 0 Å². The van der Waals surface area contributed by atoms with Gasteiger partial charge in [0.15, 0.2) is 0 Å². The lowest BCUT2D eigenvalue weighted by atomic mass is 10.2. The number of hydrogen-bond donors (Lipinski definition) is 2. The second-order valence-corrected chi connectivity index (χ2v) is 6.67. The average Bonchev–Trinajstić information content (AvgIpc) is 2.91. The minimum atomic E-state index is -0.436. The molecule has 130 valence electrons. The van der Waals surface area contributed by atoms with Gasteiger partial charge in [-0.2, -0.15) is 0 Å². The second-order valence-electron chi connectivity index (χ2n) is 5.86. The van der Waals surface area contributed by atoms with Crippen molar-refractivity contribution in [3.63, 3.8) is 0 Å². The van der Waals surface area contributed by atoms with Crippen molar-refractivity contribution < 1.29 is 9.59 Å². The Kier molecular flexibility index (Phi) is 5.46. The van der Waals surface area contributed by atoms with Gasteiger partial charge in [-0.1, -0.05) is 59.6 Å². The first-order valence-electron chi connectivity index (χ1n) is 7.86. The van der Waals surface area contributed by atoms with E-state index in [1.807, 2.05) is 30.3 Å². The number of benzene rings is 2. The molecule has 7 heteroatoms. The summed E-state index contributed by atoms with van der Waals surface area (Å²) in [5.41, 5.74) is 1.41. The molecule has 2 N–H and O–H groups in total. The molecule has 0 aromatic heterocycles. The van der Waals surface area contributed by atoms with Gasteiger partial charge >= 0.3 is 6.03 Å². The molecular formula is C18H17Cl2N3O2. The number of carbonyl (C=O) groups excluding carboxylic acids is 2. The van der Waals surface area contributed by atoms with Crippen LogP contribution < -0.4 is 10.6 Å². The molecule has 1 fully saturated rings. The zero-order chi connectivity index (χ0) is 17.8. The minimum absolute atomic E-state index is 0.0185. The molecule has 1 saturated heterocycles. The Morgan fingerprint density at radius 3 is 2.44 bits per heavy atom. The van der Waals surface area contributed by atoms with E-state index < -0.39 is 6.03 Å². The highest BCUT2D eigenvalue weighted by atomic mass is 35.5. The smallest absolute Gasteiger partial charge is 0.319 e. The summed E-state index contributed by atoms with van der Waals surface area (Å²) in [5, 5.41) is 6.15. The fraction of sp³-hybridized carbons (Fsp3) is 0.222. The van der Waals surface area contributed by atoms with Gasteiger partial charge in [-0.3, -0.25) is 4.79 Å². The molecule has 2 aromatic carbocycles. The van der Waals surface area contributed by atoms with Crippen LogP contribution in [0, 0.1) is 0 Å². The predicted molar refractivity (Wildman–Crippen MR) is 98.9 cm³/mol. The number of para-hydroxylation sites is 1. The maximum atomic E-state index is 12.2. The number of amides is 3. The number of halogens is 2. The number of rotatable bonds is 4. The van der Waals surface area contributed by atoms with Crippen molar-refractivity contribution in [1.82, 2.24) is 10.2 Å². The van der Waals surface area contributed by atoms with E-state index in [4.69, 9.17) is 23.2 Å². The average molecular weight is 378 g/mol. The quantitative estimate of drug-likeness (QED) is 0.847. The summed E-state index contributed by atoms with van der Waals surface area (Å²) >= 11 is 12.1. The summed E-state index contributed by atoms with van der Waals surface area (Å²) in [4.78, 5) is 26.1. The lowest BCUT2D eigenvalue weighted by molar-refractivity contribution is -0.128. The summed E-state index contributed by atoms with van der Waals surface area (Å²) in [5.74, 6) is 0.0185. The molecule has 1 aliphatic rings. The monoisotopic (exact) mass is 377 g/mol. The van der Waals surface area contributed by atoms with Gasteiger partial charge in [0.25, 0.3) is 0 Å². The Balaban J connectivity index is 1.57. The first-order chi connectivity index (χ1) is 12.0. The van der Waals surface area contributed by atoms with Crippen LogP contribution in [0.2, 0.25) is 10.0 Å². The molecule has 3 rings (SSSR count). The third-order valence-electron chi connectivity index (χ3n) is 3.97. The number of anilines is 1. The molecule has 1 unspecified atom stereocenters. The first kappa shape index (κ1) is 17.6. The topological polar surface area (TPSA) is 61.4 Å². The van der Waals surface area contributed by atoms with E-state index in [9.17, 15) is 9.59 Å². The van der Waals surface area contributed by atoms with Crippen molar-refractivity contribution in [2.45, 2.75) is 19.0 Å². The molecular weight excluding hydrogens is 361 g/mol. The fourth-order valence-corrected chi connectivity index (χ4v) is 3.27. The summed E-state index contributed by atoms with van der Waals surface area (Å²) in [6, 6.07) is 14.0. The van der Waals surface area contributed by atoms with Crippen molar-refractivity contribution in [1.29, 1.82) is 0 Å². The number of carbonyl (C=O) groups is 2. The van der Waals surface area contributed by atoms with Gasteiger partial charge < -0.3 is 15.5 Å². The third kappa shape index (κ3) is 4.44. The standard InChI is InChI=1S/C18H17Cl2N3O2/c19-14-7-4-8-15(20)17(14)22-18(25)21-13-9-16(24)23(11-13)10-12-5-2-1-3-6-12/h1-8,13H,9-11H2,(H2,21,22,25). The van der Waals surface area contributed by atoms with Crippen LogP contribution in [0.3, 0.4) is 0 Å². The van der Waals surface area contributed by atoms with Gasteiger partial charge in [0, 0.05) is 19.5 Å². The predicted octanol–water partition coefficient (Wildman–Crippen LogP) is 3.92. The van der Waals surface area contributed by atoms with E-state index in [1.165, 1.54) is 0 Å². The number of likely N-dealkylation sites (tertiary alicyclic amines) is 1. The highest BCUT2D eigenvalue weighted by Crippen LogP contribution is 2.29. The highest BCUT2D eigenvalue weighted by Gasteiger charge is 2.30. The van der Waals surface area contributed by atoms with E-state index in [-0.39, 0.29) is 18.4 Å². The SMILES string of the molecule is O=C(Nc1c(Cl)cccc1Cl)NC1CC(=O)N(Cc2ccccc2)C1. The molecule has 5 nitrogen and oxygen atoms in total. The summed E-state index contributed by atoms with van der Waals surface area (Å²) in [6.45, 7) is 1.01. The summed E-state index contributed by atoms with van der Waals surface area (Å²) in [7, 11) is 0. The minimum Gasteiger partial charge on any atom is -0.336 e. The molecule has 0 radical (unpaired) electrons. The van der Waals surface area contributed by atoms with Crippen LogP contribution in [0.1, 0.15) is 12.0 Å².